The summed E-state index contributed by atoms with van der Waals surface area (Å²) in [6.07, 6.45) is -9.42. The van der Waals surface area contributed by atoms with Crippen LogP contribution in [0.5, 0.6) is 0 Å². The number of halogens is 6. The van der Waals surface area contributed by atoms with Crippen LogP contribution in [0.15, 0.2) is 78.9 Å². The van der Waals surface area contributed by atoms with Crippen molar-refractivity contribution in [2.75, 3.05) is 46.4 Å². The van der Waals surface area contributed by atoms with Crippen LogP contribution in [-0.4, -0.2) is 74.1 Å². The first-order valence-corrected chi connectivity index (χ1v) is 15.1. The predicted octanol–water partition coefficient (Wildman–Crippen LogP) is 6.62. The van der Waals surface area contributed by atoms with Gasteiger partial charge in [0.2, 0.25) is 5.91 Å². The second-order valence-corrected chi connectivity index (χ2v) is 11.3. The average molecular weight is 650 g/mol. The highest BCUT2D eigenvalue weighted by molar-refractivity contribution is 5.95. The lowest BCUT2D eigenvalue weighted by Gasteiger charge is -2.36. The highest BCUT2D eigenvalue weighted by atomic mass is 19.4. The molecular weight excluding hydrogens is 612 g/mol. The van der Waals surface area contributed by atoms with E-state index in [1.807, 2.05) is 24.3 Å². The number of carbonyl (C=O) groups excluding carboxylic acids is 2. The van der Waals surface area contributed by atoms with Gasteiger partial charge < -0.3 is 15.0 Å². The number of hydrogen-bond donors (Lipinski definition) is 1. The number of alkyl halides is 6. The molecule has 1 saturated heterocycles. The van der Waals surface area contributed by atoms with E-state index < -0.39 is 46.9 Å². The fourth-order valence-electron chi connectivity index (χ4n) is 5.70. The molecule has 1 fully saturated rings. The second-order valence-electron chi connectivity index (χ2n) is 11.3. The van der Waals surface area contributed by atoms with E-state index in [9.17, 15) is 35.9 Å². The molecule has 0 spiro atoms. The Hall–Kier alpha value is -3.90. The number of amides is 2. The molecule has 1 heterocycles. The molecule has 0 bridgehead atoms. The van der Waals surface area contributed by atoms with Crippen LogP contribution in [0.1, 0.15) is 57.8 Å². The van der Waals surface area contributed by atoms with Gasteiger partial charge in [0.25, 0.3) is 5.91 Å². The molecule has 1 atom stereocenters. The molecule has 0 aromatic heterocycles. The highest BCUT2D eigenvalue weighted by Crippen LogP contribution is 2.38. The van der Waals surface area contributed by atoms with Gasteiger partial charge in [-0.2, -0.15) is 26.3 Å². The van der Waals surface area contributed by atoms with Crippen molar-refractivity contribution in [1.82, 2.24) is 15.1 Å². The third-order valence-electron chi connectivity index (χ3n) is 8.10. The fourth-order valence-corrected chi connectivity index (χ4v) is 5.70. The van der Waals surface area contributed by atoms with Crippen molar-refractivity contribution in [2.24, 2.45) is 0 Å². The van der Waals surface area contributed by atoms with Gasteiger partial charge in [0.15, 0.2) is 0 Å². The van der Waals surface area contributed by atoms with Crippen LogP contribution < -0.4 is 5.32 Å². The molecule has 1 aliphatic heterocycles. The number of ether oxygens (including phenoxy) is 1. The minimum atomic E-state index is -5.11. The molecule has 1 unspecified atom stereocenters. The van der Waals surface area contributed by atoms with Crippen molar-refractivity contribution in [1.29, 1.82) is 0 Å². The van der Waals surface area contributed by atoms with Gasteiger partial charge in [0.05, 0.1) is 24.3 Å². The summed E-state index contributed by atoms with van der Waals surface area (Å²) in [5.41, 5.74) is -2.36. The Bertz CT molecular complexity index is 1360. The Morgan fingerprint density at radius 3 is 1.87 bits per heavy atom. The maximum Gasteiger partial charge on any atom is 0.416 e. The van der Waals surface area contributed by atoms with Crippen molar-refractivity contribution in [2.45, 2.75) is 43.6 Å². The average Bonchev–Trinajstić information content (AvgIpc) is 3.04. The van der Waals surface area contributed by atoms with Gasteiger partial charge in [-0.25, -0.2) is 0 Å². The summed E-state index contributed by atoms with van der Waals surface area (Å²) in [7, 11) is 1.35. The zero-order chi connectivity index (χ0) is 33.3. The molecule has 4 rings (SSSR count). The largest absolute Gasteiger partial charge is 0.416 e. The van der Waals surface area contributed by atoms with Crippen molar-refractivity contribution in [3.05, 3.63) is 107 Å². The monoisotopic (exact) mass is 649 g/mol. The van der Waals surface area contributed by atoms with Gasteiger partial charge in [-0.1, -0.05) is 60.7 Å². The van der Waals surface area contributed by atoms with Crippen LogP contribution in [0.25, 0.3) is 0 Å². The van der Waals surface area contributed by atoms with E-state index in [0.29, 0.717) is 31.9 Å². The Morgan fingerprint density at radius 1 is 0.848 bits per heavy atom. The first-order valence-electron chi connectivity index (χ1n) is 15.1. The normalized spacial score (nSPS) is 15.0. The van der Waals surface area contributed by atoms with Gasteiger partial charge in [-0.15, -0.1) is 0 Å². The van der Waals surface area contributed by atoms with Crippen molar-refractivity contribution in [3.8, 4) is 0 Å². The highest BCUT2D eigenvalue weighted by Gasteiger charge is 2.39. The van der Waals surface area contributed by atoms with Crippen molar-refractivity contribution in [3.63, 3.8) is 0 Å². The molecule has 1 N–H and O–H groups in total. The van der Waals surface area contributed by atoms with E-state index in [2.05, 4.69) is 10.2 Å². The van der Waals surface area contributed by atoms with Gasteiger partial charge in [0.1, 0.15) is 0 Å². The molecule has 3 aromatic rings. The number of hydrogen-bond acceptors (Lipinski definition) is 4. The van der Waals surface area contributed by atoms with E-state index in [0.717, 1.165) is 42.1 Å². The quantitative estimate of drug-likeness (QED) is 0.177. The Labute approximate surface area is 264 Å². The zero-order valence-corrected chi connectivity index (χ0v) is 25.4. The minimum Gasteiger partial charge on any atom is -0.379 e. The van der Waals surface area contributed by atoms with E-state index in [1.165, 1.54) is 7.05 Å². The van der Waals surface area contributed by atoms with Crippen LogP contribution >= 0.6 is 0 Å². The molecule has 46 heavy (non-hydrogen) atoms. The molecule has 3 aromatic carbocycles. The number of rotatable bonds is 12. The summed E-state index contributed by atoms with van der Waals surface area (Å²) < 4.78 is 87.1. The summed E-state index contributed by atoms with van der Waals surface area (Å²) in [5, 5.41) is 2.89. The third kappa shape index (κ3) is 9.56. The Kier molecular flexibility index (Phi) is 11.9. The summed E-state index contributed by atoms with van der Waals surface area (Å²) in [4.78, 5) is 30.2. The molecule has 248 valence electrons. The number of carbonyl (C=O) groups is 2. The molecule has 12 heteroatoms. The molecule has 1 aliphatic rings. The van der Waals surface area contributed by atoms with Crippen LogP contribution in [0.4, 0.5) is 26.3 Å². The molecule has 0 aliphatic carbocycles. The lowest BCUT2D eigenvalue weighted by molar-refractivity contribution is -0.143. The lowest BCUT2D eigenvalue weighted by Crippen LogP contribution is -2.42. The topological polar surface area (TPSA) is 61.9 Å². The van der Waals surface area contributed by atoms with E-state index >= 15 is 0 Å². The van der Waals surface area contributed by atoms with Crippen LogP contribution in [0, 0.1) is 0 Å². The number of morpholine rings is 1. The lowest BCUT2D eigenvalue weighted by atomic mass is 9.82. The van der Waals surface area contributed by atoms with Gasteiger partial charge in [0, 0.05) is 50.6 Å². The van der Waals surface area contributed by atoms with Gasteiger partial charge in [-0.3, -0.25) is 14.5 Å². The fraction of sp³-hybridized carbons (Fsp3) is 0.412. The van der Waals surface area contributed by atoms with E-state index in [4.69, 9.17) is 4.74 Å². The first-order chi connectivity index (χ1) is 21.8. The summed E-state index contributed by atoms with van der Waals surface area (Å²) >= 11 is 0. The maximum atomic E-state index is 13.8. The van der Waals surface area contributed by atoms with E-state index in [-0.39, 0.29) is 24.8 Å². The van der Waals surface area contributed by atoms with Crippen molar-refractivity contribution < 1.29 is 40.7 Å². The number of nitrogens with one attached hydrogen (secondary N) is 1. The number of nitrogens with zero attached hydrogens (tertiary/aromatic N) is 2. The van der Waals surface area contributed by atoms with Gasteiger partial charge >= 0.3 is 12.4 Å². The zero-order valence-electron chi connectivity index (χ0n) is 25.4. The standard InChI is InChI=1S/C34H37F6N3O3/c1-42(32(45)26-21-27(33(35,36)37)23-28(22-26)34(38,39)40)29(13-14-30(44)41-15-8-16-43-17-19-46-20-18-43)31(24-9-4-2-5-10-24)25-11-6-3-7-12-25/h2-7,9-12,21-23,29,31H,8,13-20H2,1H3,(H,41,44). The van der Waals surface area contributed by atoms with Gasteiger partial charge in [-0.05, 0) is 48.7 Å². The molecule has 6 nitrogen and oxygen atoms in total. The second kappa shape index (κ2) is 15.6. The van der Waals surface area contributed by atoms with Crippen LogP contribution in [0.2, 0.25) is 0 Å². The van der Waals surface area contributed by atoms with Crippen LogP contribution in [-0.2, 0) is 21.9 Å². The summed E-state index contributed by atoms with van der Waals surface area (Å²) in [5.74, 6) is -1.84. The third-order valence-corrected chi connectivity index (χ3v) is 8.10. The molecule has 0 radical (unpaired) electrons. The SMILES string of the molecule is CN(C(=O)c1cc(C(F)(F)F)cc(C(F)(F)F)c1)C(CCC(=O)NCCCN1CCOCC1)C(c1ccccc1)c1ccccc1. The number of benzene rings is 3. The van der Waals surface area contributed by atoms with Crippen molar-refractivity contribution >= 4 is 11.8 Å². The molecular formula is C34H37F6N3O3. The van der Waals surface area contributed by atoms with Crippen LogP contribution in [0.3, 0.4) is 0 Å². The Balaban J connectivity index is 1.62. The Morgan fingerprint density at radius 2 is 1.37 bits per heavy atom. The smallest absolute Gasteiger partial charge is 0.379 e. The minimum absolute atomic E-state index is 0.00555. The maximum absolute atomic E-state index is 13.8. The number of likely N-dealkylation sites (N-methyl/N-ethyl adjacent to an activating group) is 1. The summed E-state index contributed by atoms with van der Waals surface area (Å²) in [6.45, 7) is 4.22. The molecule has 0 saturated carbocycles. The molecule has 2 amide bonds. The van der Waals surface area contributed by atoms with E-state index in [1.54, 1.807) is 36.4 Å². The summed E-state index contributed by atoms with van der Waals surface area (Å²) in [6, 6.07) is 18.2. The predicted molar refractivity (Wildman–Crippen MR) is 161 cm³/mol. The first kappa shape index (κ1) is 35.0.